The van der Waals surface area contributed by atoms with Crippen LogP contribution in [0.5, 0.6) is 11.5 Å². The molecule has 1 aromatic carbocycles. The van der Waals surface area contributed by atoms with E-state index in [9.17, 15) is 19.8 Å². The Kier molecular flexibility index (Phi) is 8.18. The van der Waals surface area contributed by atoms with Crippen molar-refractivity contribution in [3.8, 4) is 11.5 Å². The van der Waals surface area contributed by atoms with Crippen molar-refractivity contribution < 1.29 is 34.1 Å². The number of likely N-dealkylation sites (tertiary alicyclic amines) is 1. The third-order valence-electron chi connectivity index (χ3n) is 6.71. The lowest BCUT2D eigenvalue weighted by Gasteiger charge is -2.23. The monoisotopic (exact) mass is 496 g/mol. The van der Waals surface area contributed by atoms with Crippen LogP contribution < -0.4 is 5.48 Å². The van der Waals surface area contributed by atoms with Gasteiger partial charge in [-0.05, 0) is 38.2 Å². The zero-order valence-electron chi connectivity index (χ0n) is 19.4. The van der Waals surface area contributed by atoms with Crippen LogP contribution >= 0.6 is 11.6 Å². The highest BCUT2D eigenvalue weighted by Gasteiger charge is 2.40. The summed E-state index contributed by atoms with van der Waals surface area (Å²) >= 11 is 6.39. The van der Waals surface area contributed by atoms with Gasteiger partial charge in [-0.1, -0.05) is 24.4 Å². The van der Waals surface area contributed by atoms with E-state index in [2.05, 4.69) is 5.48 Å². The highest BCUT2D eigenvalue weighted by molar-refractivity contribution is 6.33. The molecule has 0 bridgehead atoms. The number of aromatic hydroxyl groups is 2. The van der Waals surface area contributed by atoms with Crippen LogP contribution in [0.3, 0.4) is 0 Å². The van der Waals surface area contributed by atoms with E-state index >= 15 is 0 Å². The van der Waals surface area contributed by atoms with Gasteiger partial charge in [-0.2, -0.15) is 5.48 Å². The number of hydroxylamine groups is 1. The molecule has 0 spiro atoms. The zero-order chi connectivity index (χ0) is 24.2. The molecule has 1 amide bonds. The number of carbonyl (C=O) groups excluding carboxylic acids is 2. The summed E-state index contributed by atoms with van der Waals surface area (Å²) < 4.78 is 11.3. The predicted molar refractivity (Wildman–Crippen MR) is 124 cm³/mol. The molecule has 9 nitrogen and oxygen atoms in total. The number of phenols is 2. The minimum Gasteiger partial charge on any atom is -0.507 e. The number of phenolic OH excluding ortho intramolecular Hbond substituents is 2. The second kappa shape index (κ2) is 11.1. The SMILES string of the molecule is C[C@@H]1C[C@@H]2O[C@H]2CCCC[C@@H](NOCCN2CCCC2=O)Cc2c(Cl)c(O)cc(O)c2C(=O)O1. The average molecular weight is 497 g/mol. The van der Waals surface area contributed by atoms with E-state index in [1.54, 1.807) is 11.8 Å². The summed E-state index contributed by atoms with van der Waals surface area (Å²) in [7, 11) is 0. The Morgan fingerprint density at radius 1 is 1.18 bits per heavy atom. The van der Waals surface area contributed by atoms with E-state index in [1.165, 1.54) is 0 Å². The maximum absolute atomic E-state index is 13.0. The molecule has 0 aliphatic carbocycles. The summed E-state index contributed by atoms with van der Waals surface area (Å²) in [6.45, 7) is 3.37. The Morgan fingerprint density at radius 2 is 1.97 bits per heavy atom. The lowest BCUT2D eigenvalue weighted by molar-refractivity contribution is -0.128. The maximum atomic E-state index is 13.0. The molecule has 3 aliphatic rings. The number of ether oxygens (including phenoxy) is 2. The van der Waals surface area contributed by atoms with Crippen LogP contribution in [0.4, 0.5) is 0 Å². The molecule has 2 saturated heterocycles. The summed E-state index contributed by atoms with van der Waals surface area (Å²) in [5.41, 5.74) is 3.31. The van der Waals surface area contributed by atoms with E-state index in [1.807, 2.05) is 0 Å². The minimum absolute atomic E-state index is 0.00421. The van der Waals surface area contributed by atoms with Gasteiger partial charge in [-0.25, -0.2) is 4.79 Å². The third-order valence-corrected chi connectivity index (χ3v) is 7.13. The van der Waals surface area contributed by atoms with Gasteiger partial charge in [0.05, 0.1) is 23.8 Å². The Balaban J connectivity index is 1.50. The van der Waals surface area contributed by atoms with Crippen molar-refractivity contribution >= 4 is 23.5 Å². The molecule has 3 aliphatic heterocycles. The van der Waals surface area contributed by atoms with E-state index in [4.69, 9.17) is 25.9 Å². The smallest absolute Gasteiger partial charge is 0.342 e. The number of nitrogens with zero attached hydrogens (tertiary/aromatic N) is 1. The fourth-order valence-electron chi connectivity index (χ4n) is 4.82. The zero-order valence-corrected chi connectivity index (χ0v) is 20.2. The van der Waals surface area contributed by atoms with Gasteiger partial charge in [0.2, 0.25) is 5.91 Å². The number of rotatable bonds is 5. The average Bonchev–Trinajstić information content (AvgIpc) is 3.38. The topological polar surface area (TPSA) is 121 Å². The molecule has 10 heteroatoms. The van der Waals surface area contributed by atoms with Crippen LogP contribution in [0, 0.1) is 0 Å². The molecule has 3 heterocycles. The number of cyclic esters (lactones) is 1. The third kappa shape index (κ3) is 6.13. The number of carbonyl (C=O) groups is 2. The van der Waals surface area contributed by atoms with E-state index in [0.29, 0.717) is 31.6 Å². The standard InChI is InChI=1S/C24H33ClN2O7/c1-14-11-20-19(34-20)6-3-2-5-15(26-32-10-9-27-8-4-7-21(27)30)12-16-22(24(31)33-14)17(28)13-18(29)23(16)25/h13-15,19-20,26,28-29H,2-12H2,1H3/t14-,15-,19+,20+/m1/s1. The van der Waals surface area contributed by atoms with Gasteiger partial charge in [-0.15, -0.1) is 0 Å². The molecular formula is C24H33ClN2O7. The number of epoxide rings is 1. The fourth-order valence-corrected chi connectivity index (χ4v) is 5.05. The Labute approximate surface area is 204 Å². The number of benzene rings is 1. The molecule has 0 unspecified atom stereocenters. The number of amides is 1. The molecular weight excluding hydrogens is 464 g/mol. The van der Waals surface area contributed by atoms with Crippen molar-refractivity contribution in [1.82, 2.24) is 10.4 Å². The van der Waals surface area contributed by atoms with E-state index in [-0.39, 0.29) is 52.7 Å². The molecule has 0 radical (unpaired) electrons. The first kappa shape index (κ1) is 25.0. The first-order valence-corrected chi connectivity index (χ1v) is 12.5. The highest BCUT2D eigenvalue weighted by Crippen LogP contribution is 2.39. The fraction of sp³-hybridized carbons (Fsp3) is 0.667. The van der Waals surface area contributed by atoms with Crippen LogP contribution in [0.15, 0.2) is 6.07 Å². The molecule has 0 saturated carbocycles. The lowest BCUT2D eigenvalue weighted by Crippen LogP contribution is -2.36. The first-order chi connectivity index (χ1) is 16.3. The summed E-state index contributed by atoms with van der Waals surface area (Å²) in [6, 6.07) is 0.818. The van der Waals surface area contributed by atoms with Gasteiger partial charge in [0, 0.05) is 38.0 Å². The van der Waals surface area contributed by atoms with Gasteiger partial charge >= 0.3 is 5.97 Å². The van der Waals surface area contributed by atoms with Crippen molar-refractivity contribution in [2.24, 2.45) is 0 Å². The molecule has 1 aromatic rings. The largest absolute Gasteiger partial charge is 0.507 e. The quantitative estimate of drug-likeness (QED) is 0.246. The second-order valence-electron chi connectivity index (χ2n) is 9.38. The summed E-state index contributed by atoms with van der Waals surface area (Å²) in [5.74, 6) is -1.24. The summed E-state index contributed by atoms with van der Waals surface area (Å²) in [5, 5.41) is 20.7. The molecule has 34 heavy (non-hydrogen) atoms. The van der Waals surface area contributed by atoms with Crippen LogP contribution in [-0.4, -0.2) is 71.0 Å². The van der Waals surface area contributed by atoms with Crippen molar-refractivity contribution in [2.75, 3.05) is 19.7 Å². The predicted octanol–water partition coefficient (Wildman–Crippen LogP) is 3.08. The number of hydrogen-bond donors (Lipinski definition) is 3. The Hall–Kier alpha value is -2.07. The molecule has 2 fully saturated rings. The number of esters is 1. The van der Waals surface area contributed by atoms with Crippen LogP contribution in [-0.2, 0) is 25.5 Å². The van der Waals surface area contributed by atoms with Gasteiger partial charge in [0.1, 0.15) is 23.2 Å². The number of nitrogens with one attached hydrogen (secondary N) is 1. The molecule has 4 rings (SSSR count). The van der Waals surface area contributed by atoms with Crippen molar-refractivity contribution in [3.63, 3.8) is 0 Å². The Bertz CT molecular complexity index is 912. The second-order valence-corrected chi connectivity index (χ2v) is 9.76. The highest BCUT2D eigenvalue weighted by atomic mass is 35.5. The van der Waals surface area contributed by atoms with Crippen molar-refractivity contribution in [3.05, 3.63) is 22.2 Å². The lowest BCUT2D eigenvalue weighted by atomic mass is 9.95. The Morgan fingerprint density at radius 3 is 2.74 bits per heavy atom. The molecule has 3 N–H and O–H groups in total. The maximum Gasteiger partial charge on any atom is 0.342 e. The van der Waals surface area contributed by atoms with Gasteiger partial charge < -0.3 is 24.6 Å². The number of halogens is 1. The van der Waals surface area contributed by atoms with E-state index in [0.717, 1.165) is 44.7 Å². The van der Waals surface area contributed by atoms with Gasteiger partial charge in [-0.3, -0.25) is 9.63 Å². The molecule has 4 atom stereocenters. The van der Waals surface area contributed by atoms with Crippen LogP contribution in [0.25, 0.3) is 0 Å². The van der Waals surface area contributed by atoms with Crippen LogP contribution in [0.2, 0.25) is 5.02 Å². The first-order valence-electron chi connectivity index (χ1n) is 12.1. The number of hydrogen-bond acceptors (Lipinski definition) is 8. The minimum atomic E-state index is -0.691. The van der Waals surface area contributed by atoms with Gasteiger partial charge in [0.15, 0.2) is 0 Å². The number of fused-ring (bicyclic) bond motifs is 2. The summed E-state index contributed by atoms with van der Waals surface area (Å²) in [4.78, 5) is 32.2. The normalized spacial score (nSPS) is 28.1. The molecule has 0 aromatic heterocycles. The molecule has 188 valence electrons. The summed E-state index contributed by atoms with van der Waals surface area (Å²) in [6.07, 6.45) is 5.70. The van der Waals surface area contributed by atoms with E-state index < -0.39 is 12.1 Å². The van der Waals surface area contributed by atoms with Gasteiger partial charge in [0.25, 0.3) is 0 Å². The van der Waals surface area contributed by atoms with Crippen molar-refractivity contribution in [1.29, 1.82) is 0 Å². The van der Waals surface area contributed by atoms with Crippen LogP contribution in [0.1, 0.15) is 67.8 Å². The van der Waals surface area contributed by atoms with Crippen molar-refractivity contribution in [2.45, 2.75) is 82.6 Å².